The average Bonchev–Trinajstić information content (AvgIpc) is 3.24. The zero-order valence-corrected chi connectivity index (χ0v) is 38.7. The molecule has 60 heavy (non-hydrogen) atoms. The molecule has 0 fully saturated rings. The van der Waals surface area contributed by atoms with E-state index in [-0.39, 0.29) is 31.1 Å². The summed E-state index contributed by atoms with van der Waals surface area (Å²) in [5.74, 6) is -0.972. The zero-order valence-electron chi connectivity index (χ0n) is 38.7. The Morgan fingerprint density at radius 2 is 0.667 bits per heavy atom. The minimum atomic E-state index is -0.804. The van der Waals surface area contributed by atoms with Gasteiger partial charge in [-0.05, 0) is 89.9 Å². The number of carbonyl (C=O) groups is 3. The predicted molar refractivity (Wildman–Crippen MR) is 256 cm³/mol. The maximum Gasteiger partial charge on any atom is 0.306 e. The van der Waals surface area contributed by atoms with E-state index in [1.807, 2.05) is 48.6 Å². The number of ether oxygens (including phenoxy) is 3. The molecule has 0 aliphatic carbocycles. The van der Waals surface area contributed by atoms with Gasteiger partial charge in [0.05, 0.1) is 0 Å². The van der Waals surface area contributed by atoms with Crippen LogP contribution in [0.3, 0.4) is 0 Å². The van der Waals surface area contributed by atoms with E-state index in [0.717, 1.165) is 96.3 Å². The van der Waals surface area contributed by atoms with Crippen molar-refractivity contribution in [3.63, 3.8) is 0 Å². The third kappa shape index (κ3) is 45.4. The summed E-state index contributed by atoms with van der Waals surface area (Å²) in [5, 5.41) is 0. The van der Waals surface area contributed by atoms with Crippen molar-refractivity contribution in [1.82, 2.24) is 0 Å². The second kappa shape index (κ2) is 48.0. The zero-order chi connectivity index (χ0) is 43.7. The summed E-state index contributed by atoms with van der Waals surface area (Å²) in [6.45, 7) is 6.37. The third-order valence-electron chi connectivity index (χ3n) is 9.95. The molecular weight excluding hydrogens is 745 g/mol. The van der Waals surface area contributed by atoms with Crippen LogP contribution in [0.5, 0.6) is 0 Å². The van der Waals surface area contributed by atoms with Gasteiger partial charge >= 0.3 is 17.9 Å². The van der Waals surface area contributed by atoms with Gasteiger partial charge in [-0.25, -0.2) is 0 Å². The Morgan fingerprint density at radius 1 is 0.350 bits per heavy atom. The van der Waals surface area contributed by atoms with E-state index in [0.29, 0.717) is 19.3 Å². The van der Waals surface area contributed by atoms with Gasteiger partial charge < -0.3 is 14.2 Å². The van der Waals surface area contributed by atoms with Crippen molar-refractivity contribution in [2.75, 3.05) is 13.2 Å². The Hall–Kier alpha value is -3.67. The molecule has 0 rings (SSSR count). The van der Waals surface area contributed by atoms with E-state index >= 15 is 0 Å². The van der Waals surface area contributed by atoms with E-state index < -0.39 is 6.10 Å². The van der Waals surface area contributed by atoms with Crippen LogP contribution in [0, 0.1) is 0 Å². The highest BCUT2D eigenvalue weighted by molar-refractivity contribution is 5.71. The van der Waals surface area contributed by atoms with E-state index in [9.17, 15) is 14.4 Å². The van der Waals surface area contributed by atoms with E-state index in [1.54, 1.807) is 0 Å². The first-order valence-electron chi connectivity index (χ1n) is 24.3. The maximum atomic E-state index is 12.8. The van der Waals surface area contributed by atoms with Crippen LogP contribution in [-0.2, 0) is 28.6 Å². The number of unbranched alkanes of at least 4 members (excludes halogenated alkanes) is 20. The largest absolute Gasteiger partial charge is 0.462 e. The Balaban J connectivity index is 4.52. The van der Waals surface area contributed by atoms with Crippen LogP contribution in [0.1, 0.15) is 207 Å². The number of carbonyl (C=O) groups excluding carboxylic acids is 3. The van der Waals surface area contributed by atoms with Gasteiger partial charge in [-0.2, -0.15) is 0 Å². The van der Waals surface area contributed by atoms with Crippen LogP contribution in [0.2, 0.25) is 0 Å². The fraction of sp³-hybridized carbons (Fsp3) is 0.648. The lowest BCUT2D eigenvalue weighted by Crippen LogP contribution is -2.30. The van der Waals surface area contributed by atoms with Crippen LogP contribution in [0.4, 0.5) is 0 Å². The van der Waals surface area contributed by atoms with Crippen molar-refractivity contribution in [2.24, 2.45) is 0 Å². The molecule has 1 unspecified atom stereocenters. The molecule has 0 aliphatic heterocycles. The van der Waals surface area contributed by atoms with Gasteiger partial charge in [0.2, 0.25) is 0 Å². The van der Waals surface area contributed by atoms with Crippen molar-refractivity contribution < 1.29 is 28.6 Å². The minimum Gasteiger partial charge on any atom is -0.462 e. The lowest BCUT2D eigenvalue weighted by Gasteiger charge is -2.18. The smallest absolute Gasteiger partial charge is 0.306 e. The second-order valence-corrected chi connectivity index (χ2v) is 15.8. The Morgan fingerprint density at radius 3 is 1.10 bits per heavy atom. The molecule has 0 spiro atoms. The number of hydrogen-bond donors (Lipinski definition) is 0. The molecule has 1 atom stereocenters. The molecule has 0 aromatic rings. The molecule has 6 nitrogen and oxygen atoms in total. The van der Waals surface area contributed by atoms with Crippen LogP contribution in [0.15, 0.2) is 97.2 Å². The maximum absolute atomic E-state index is 12.8. The molecule has 0 aliphatic rings. The molecule has 0 saturated heterocycles. The summed E-state index contributed by atoms with van der Waals surface area (Å²) in [7, 11) is 0. The molecule has 6 heteroatoms. The minimum absolute atomic E-state index is 0.102. The highest BCUT2D eigenvalue weighted by Gasteiger charge is 2.19. The van der Waals surface area contributed by atoms with Crippen molar-refractivity contribution in [2.45, 2.75) is 213 Å². The quantitative estimate of drug-likeness (QED) is 0.0200. The summed E-state index contributed by atoms with van der Waals surface area (Å²) in [6.07, 6.45) is 62.4. The molecule has 0 N–H and O–H groups in total. The van der Waals surface area contributed by atoms with Crippen LogP contribution in [-0.4, -0.2) is 37.2 Å². The monoisotopic (exact) mass is 833 g/mol. The fourth-order valence-corrected chi connectivity index (χ4v) is 6.27. The van der Waals surface area contributed by atoms with E-state index in [2.05, 4.69) is 69.4 Å². The molecule has 0 heterocycles. The molecule has 0 aromatic heterocycles. The molecule has 0 amide bonds. The first kappa shape index (κ1) is 56.3. The van der Waals surface area contributed by atoms with Crippen LogP contribution >= 0.6 is 0 Å². The first-order chi connectivity index (χ1) is 29.5. The average molecular weight is 833 g/mol. The number of rotatable bonds is 42. The van der Waals surface area contributed by atoms with Gasteiger partial charge in [-0.15, -0.1) is 0 Å². The third-order valence-corrected chi connectivity index (χ3v) is 9.95. The van der Waals surface area contributed by atoms with Gasteiger partial charge in [0.15, 0.2) is 6.10 Å². The van der Waals surface area contributed by atoms with Crippen molar-refractivity contribution in [3.05, 3.63) is 97.2 Å². The second-order valence-electron chi connectivity index (χ2n) is 15.8. The predicted octanol–water partition coefficient (Wildman–Crippen LogP) is 15.8. The highest BCUT2D eigenvalue weighted by atomic mass is 16.6. The van der Waals surface area contributed by atoms with Gasteiger partial charge in [0, 0.05) is 19.3 Å². The Bertz CT molecular complexity index is 1230. The van der Waals surface area contributed by atoms with Crippen molar-refractivity contribution >= 4 is 17.9 Å². The molecule has 0 aromatic carbocycles. The number of esters is 3. The first-order valence-corrected chi connectivity index (χ1v) is 24.3. The summed E-state index contributed by atoms with van der Waals surface area (Å²) in [5.41, 5.74) is 0. The van der Waals surface area contributed by atoms with Gasteiger partial charge in [-0.1, -0.05) is 195 Å². The van der Waals surface area contributed by atoms with Gasteiger partial charge in [-0.3, -0.25) is 14.4 Å². The standard InChI is InChI=1S/C54H88O6/c1-4-7-10-13-16-19-22-25-27-29-32-35-38-41-44-47-53(56)59-50-51(49-58-52(55)46-43-40-37-34-31-24-21-18-15-12-9-6-3)60-54(57)48-45-42-39-36-33-30-28-26-23-20-17-14-11-8-5-2/h7,10,13,16-23,25-27,29,32,51H,4-6,8-9,11-12,14-15,24,28,30-31,33-50H2,1-3H3/b10-7-,16-13-,20-17-,21-18-,22-19-,26-23-,27-25-,32-29-. The number of allylic oxidation sites excluding steroid dienone is 16. The van der Waals surface area contributed by atoms with E-state index in [1.165, 1.54) is 70.6 Å². The topological polar surface area (TPSA) is 78.9 Å². The fourth-order valence-electron chi connectivity index (χ4n) is 6.27. The molecular formula is C54H88O6. The molecule has 0 radical (unpaired) electrons. The van der Waals surface area contributed by atoms with Crippen LogP contribution < -0.4 is 0 Å². The molecule has 340 valence electrons. The van der Waals surface area contributed by atoms with Crippen LogP contribution in [0.25, 0.3) is 0 Å². The van der Waals surface area contributed by atoms with E-state index in [4.69, 9.17) is 14.2 Å². The number of hydrogen-bond acceptors (Lipinski definition) is 6. The summed E-state index contributed by atoms with van der Waals surface area (Å²) < 4.78 is 16.7. The normalized spacial score (nSPS) is 12.9. The molecule has 0 bridgehead atoms. The lowest BCUT2D eigenvalue weighted by molar-refractivity contribution is -0.167. The van der Waals surface area contributed by atoms with Crippen molar-refractivity contribution in [1.29, 1.82) is 0 Å². The van der Waals surface area contributed by atoms with Crippen molar-refractivity contribution in [3.8, 4) is 0 Å². The Labute approximate surface area is 368 Å². The molecule has 0 saturated carbocycles. The van der Waals surface area contributed by atoms with Gasteiger partial charge in [0.1, 0.15) is 13.2 Å². The Kier molecular flexibility index (Phi) is 45.1. The highest BCUT2D eigenvalue weighted by Crippen LogP contribution is 2.13. The summed E-state index contributed by atoms with van der Waals surface area (Å²) >= 11 is 0. The lowest BCUT2D eigenvalue weighted by atomic mass is 10.1. The van der Waals surface area contributed by atoms with Gasteiger partial charge in [0.25, 0.3) is 0 Å². The summed E-state index contributed by atoms with van der Waals surface area (Å²) in [6, 6.07) is 0. The summed E-state index contributed by atoms with van der Waals surface area (Å²) in [4.78, 5) is 37.9. The SMILES string of the molecule is CC\C=C/C=C\C=C/C=C\C=C/CCCCCC(=O)OCC(COC(=O)CCCCCCC/C=C\CCCCC)OC(=O)CCCCCCCC/C=C\C=C/CCCCC.